The van der Waals surface area contributed by atoms with Crippen molar-refractivity contribution in [2.45, 2.75) is 26.4 Å². The van der Waals surface area contributed by atoms with Crippen LogP contribution in [0.15, 0.2) is 12.1 Å². The average molecular weight is 264 g/mol. The van der Waals surface area contributed by atoms with Crippen LogP contribution in [0.5, 0.6) is 11.5 Å². The van der Waals surface area contributed by atoms with Gasteiger partial charge in [0.25, 0.3) is 0 Å². The number of aliphatic carboxylic acids is 1. The predicted molar refractivity (Wildman–Crippen MR) is 69.7 cm³/mol. The Balaban J connectivity index is 2.51. The van der Waals surface area contributed by atoms with E-state index in [1.165, 1.54) is 0 Å². The number of carbonyl (C=O) groups is 1. The number of fused-ring (bicyclic) bond motifs is 1. The fraction of sp³-hybridized carbons (Fsp3) is 0.385. The molecule has 0 saturated carbocycles. The minimum absolute atomic E-state index is 0.00109. The summed E-state index contributed by atoms with van der Waals surface area (Å²) in [5.74, 6) is 0.250. The number of nitrogens with zero attached hydrogens (tertiary/aromatic N) is 1. The maximum Gasteiger partial charge on any atom is 0.309 e. The van der Waals surface area contributed by atoms with Gasteiger partial charge < -0.3 is 14.6 Å². The fourth-order valence-corrected chi connectivity index (χ4v) is 1.86. The van der Waals surface area contributed by atoms with E-state index < -0.39 is 5.97 Å². The smallest absolute Gasteiger partial charge is 0.309 e. The van der Waals surface area contributed by atoms with E-state index in [0.717, 1.165) is 5.39 Å². The summed E-state index contributed by atoms with van der Waals surface area (Å²) in [4.78, 5) is 10.8. The van der Waals surface area contributed by atoms with Crippen LogP contribution in [0, 0.1) is 0 Å². The third-order valence-electron chi connectivity index (χ3n) is 2.61. The summed E-state index contributed by atoms with van der Waals surface area (Å²) >= 11 is 0. The van der Waals surface area contributed by atoms with Gasteiger partial charge in [0.1, 0.15) is 0 Å². The molecule has 2 rings (SSSR count). The van der Waals surface area contributed by atoms with Gasteiger partial charge in [-0.15, -0.1) is 0 Å². The Bertz CT molecular complexity index is 604. The van der Waals surface area contributed by atoms with Gasteiger partial charge in [-0.25, -0.2) is 0 Å². The monoisotopic (exact) mass is 264 g/mol. The predicted octanol–water partition coefficient (Wildman–Crippen LogP) is 1.99. The lowest BCUT2D eigenvalue weighted by atomic mass is 10.1. The molecule has 6 heteroatoms. The number of carboxylic acid groups (broad SMARTS) is 1. The molecule has 0 bridgehead atoms. The Labute approximate surface area is 110 Å². The van der Waals surface area contributed by atoms with Crippen LogP contribution >= 0.6 is 0 Å². The minimum atomic E-state index is -0.910. The largest absolute Gasteiger partial charge is 0.493 e. The number of methoxy groups -OCH3 is 1. The Morgan fingerprint density at radius 3 is 2.74 bits per heavy atom. The lowest BCUT2D eigenvalue weighted by molar-refractivity contribution is -0.136. The highest BCUT2D eigenvalue weighted by Gasteiger charge is 2.14. The topological polar surface area (TPSA) is 84.4 Å². The van der Waals surface area contributed by atoms with E-state index >= 15 is 0 Å². The van der Waals surface area contributed by atoms with Gasteiger partial charge in [0.15, 0.2) is 11.5 Å². The van der Waals surface area contributed by atoms with E-state index in [1.54, 1.807) is 19.2 Å². The van der Waals surface area contributed by atoms with Crippen LogP contribution < -0.4 is 9.47 Å². The van der Waals surface area contributed by atoms with Crippen molar-refractivity contribution < 1.29 is 19.4 Å². The maximum absolute atomic E-state index is 10.8. The number of H-pyrrole nitrogens is 1. The SMILES string of the molecule is COc1cc2n[nH]c(CC(=O)O)c2cc1OC(C)C. The van der Waals surface area contributed by atoms with Crippen molar-refractivity contribution in [1.29, 1.82) is 0 Å². The molecule has 0 fully saturated rings. The number of nitrogens with one attached hydrogen (secondary N) is 1. The van der Waals surface area contributed by atoms with E-state index in [0.29, 0.717) is 22.7 Å². The summed E-state index contributed by atoms with van der Waals surface area (Å²) in [6, 6.07) is 3.49. The Morgan fingerprint density at radius 2 is 2.16 bits per heavy atom. The zero-order valence-electron chi connectivity index (χ0n) is 11.1. The van der Waals surface area contributed by atoms with Crippen LogP contribution in [0.25, 0.3) is 10.9 Å². The van der Waals surface area contributed by atoms with E-state index in [1.807, 2.05) is 13.8 Å². The molecule has 0 aliphatic heterocycles. The van der Waals surface area contributed by atoms with Gasteiger partial charge in [0, 0.05) is 11.5 Å². The van der Waals surface area contributed by atoms with Gasteiger partial charge in [-0.1, -0.05) is 0 Å². The first-order valence-corrected chi connectivity index (χ1v) is 5.94. The third kappa shape index (κ3) is 2.78. The molecular formula is C13H16N2O4. The highest BCUT2D eigenvalue weighted by Crippen LogP contribution is 2.33. The van der Waals surface area contributed by atoms with Crippen LogP contribution in [0.3, 0.4) is 0 Å². The number of carboxylic acids is 1. The first-order valence-electron chi connectivity index (χ1n) is 5.94. The molecule has 0 atom stereocenters. The lowest BCUT2D eigenvalue weighted by Crippen LogP contribution is -2.06. The minimum Gasteiger partial charge on any atom is -0.493 e. The zero-order chi connectivity index (χ0) is 14.0. The summed E-state index contributed by atoms with van der Waals surface area (Å²) in [5, 5.41) is 16.4. The highest BCUT2D eigenvalue weighted by atomic mass is 16.5. The average Bonchev–Trinajstić information content (AvgIpc) is 2.69. The number of hydrogen-bond donors (Lipinski definition) is 2. The molecule has 1 aromatic carbocycles. The zero-order valence-corrected chi connectivity index (χ0v) is 11.1. The number of aromatic amines is 1. The van der Waals surface area contributed by atoms with Crippen molar-refractivity contribution in [3.63, 3.8) is 0 Å². The Kier molecular flexibility index (Phi) is 3.59. The van der Waals surface area contributed by atoms with E-state index in [-0.39, 0.29) is 12.5 Å². The van der Waals surface area contributed by atoms with Gasteiger partial charge in [0.2, 0.25) is 0 Å². The van der Waals surface area contributed by atoms with E-state index in [2.05, 4.69) is 10.2 Å². The molecule has 102 valence electrons. The molecule has 0 aliphatic carbocycles. The van der Waals surface area contributed by atoms with Crippen molar-refractivity contribution in [1.82, 2.24) is 10.2 Å². The molecule has 1 heterocycles. The van der Waals surface area contributed by atoms with Crippen molar-refractivity contribution in [3.8, 4) is 11.5 Å². The molecule has 19 heavy (non-hydrogen) atoms. The summed E-state index contributed by atoms with van der Waals surface area (Å²) in [6.07, 6.45) is -0.106. The van der Waals surface area contributed by atoms with Crippen molar-refractivity contribution in [2.24, 2.45) is 0 Å². The fourth-order valence-electron chi connectivity index (χ4n) is 1.86. The summed E-state index contributed by atoms with van der Waals surface area (Å²) in [7, 11) is 1.55. The number of hydrogen-bond acceptors (Lipinski definition) is 4. The molecule has 0 aliphatic rings. The quantitative estimate of drug-likeness (QED) is 0.862. The second kappa shape index (κ2) is 5.17. The second-order valence-corrected chi connectivity index (χ2v) is 4.46. The summed E-state index contributed by atoms with van der Waals surface area (Å²) in [5.41, 5.74) is 1.21. The number of rotatable bonds is 5. The third-order valence-corrected chi connectivity index (χ3v) is 2.61. The summed E-state index contributed by atoms with van der Waals surface area (Å²) in [6.45, 7) is 3.83. The van der Waals surface area contributed by atoms with Crippen LogP contribution in [0.2, 0.25) is 0 Å². The maximum atomic E-state index is 10.8. The van der Waals surface area contributed by atoms with E-state index in [4.69, 9.17) is 14.6 Å². The van der Waals surface area contributed by atoms with Crippen LogP contribution in [-0.4, -0.2) is 34.5 Å². The molecule has 0 radical (unpaired) electrons. The van der Waals surface area contributed by atoms with E-state index in [9.17, 15) is 4.79 Å². The van der Waals surface area contributed by atoms with Crippen molar-refractivity contribution in [3.05, 3.63) is 17.8 Å². The van der Waals surface area contributed by atoms with Gasteiger partial charge in [-0.3, -0.25) is 9.89 Å². The molecule has 1 aromatic heterocycles. The van der Waals surface area contributed by atoms with Crippen LogP contribution in [0.4, 0.5) is 0 Å². The second-order valence-electron chi connectivity index (χ2n) is 4.46. The van der Waals surface area contributed by atoms with Crippen LogP contribution in [0.1, 0.15) is 19.5 Å². The molecule has 0 spiro atoms. The number of aromatic nitrogens is 2. The molecule has 2 N–H and O–H groups in total. The highest BCUT2D eigenvalue weighted by molar-refractivity contribution is 5.87. The number of ether oxygens (including phenoxy) is 2. The Morgan fingerprint density at radius 1 is 1.42 bits per heavy atom. The standard InChI is InChI=1S/C13H16N2O4/c1-7(2)19-12-4-8-9(5-11(12)18-3)14-15-10(8)6-13(16)17/h4-5,7H,6H2,1-3H3,(H,14,15)(H,16,17). The number of benzene rings is 1. The van der Waals surface area contributed by atoms with Gasteiger partial charge in [-0.05, 0) is 19.9 Å². The Hall–Kier alpha value is -2.24. The van der Waals surface area contributed by atoms with Crippen molar-refractivity contribution in [2.75, 3.05) is 7.11 Å². The van der Waals surface area contributed by atoms with Crippen molar-refractivity contribution >= 4 is 16.9 Å². The first-order chi connectivity index (χ1) is 9.01. The first kappa shape index (κ1) is 13.2. The summed E-state index contributed by atoms with van der Waals surface area (Å²) < 4.78 is 10.9. The molecule has 6 nitrogen and oxygen atoms in total. The molecular weight excluding hydrogens is 248 g/mol. The van der Waals surface area contributed by atoms with Gasteiger partial charge >= 0.3 is 5.97 Å². The molecule has 0 amide bonds. The van der Waals surface area contributed by atoms with Crippen LogP contribution in [-0.2, 0) is 11.2 Å². The molecule has 0 unspecified atom stereocenters. The molecule has 0 saturated heterocycles. The molecule has 2 aromatic rings. The lowest BCUT2D eigenvalue weighted by Gasteiger charge is -2.13. The normalized spacial score (nSPS) is 10.9. The van der Waals surface area contributed by atoms with Gasteiger partial charge in [0.05, 0.1) is 30.8 Å². The van der Waals surface area contributed by atoms with Gasteiger partial charge in [-0.2, -0.15) is 5.10 Å².